The van der Waals surface area contributed by atoms with Gasteiger partial charge in [0.15, 0.2) is 14.2 Å². The normalized spacial score (nSPS) is 13.8. The Morgan fingerprint density at radius 2 is 1.26 bits per heavy atom. The summed E-state index contributed by atoms with van der Waals surface area (Å²) < 4.78 is 18.8. The van der Waals surface area contributed by atoms with Crippen LogP contribution in [0.3, 0.4) is 0 Å². The Morgan fingerprint density at radius 3 is 2.04 bits per heavy atom. The molecule has 0 aliphatic carbocycles. The number of nitrogens with zero attached hydrogens (tertiary/aromatic N) is 3. The summed E-state index contributed by atoms with van der Waals surface area (Å²) in [5.41, 5.74) is 5.68. The Kier molecular flexibility index (Phi) is 7.67. The highest BCUT2D eigenvalue weighted by Crippen LogP contribution is 2.42. The molecule has 3 nitrogen and oxygen atoms in total. The fourth-order valence-corrected chi connectivity index (χ4v) is 15.2. The van der Waals surface area contributed by atoms with E-state index in [0.29, 0.717) is 11.1 Å². The number of fused-ring (bicyclic) bond motifs is 6. The number of hydrogen-bond donors (Lipinski definition) is 0. The van der Waals surface area contributed by atoms with E-state index in [-0.39, 0.29) is 0 Å². The van der Waals surface area contributed by atoms with Crippen LogP contribution in [0.15, 0.2) is 198 Å². The van der Waals surface area contributed by atoms with Crippen LogP contribution in [-0.4, -0.2) is 22.6 Å². The lowest BCUT2D eigenvalue weighted by Gasteiger charge is -2.39. The summed E-state index contributed by atoms with van der Waals surface area (Å²) in [5, 5.41) is 7.60. The molecule has 4 heterocycles. The van der Waals surface area contributed by atoms with E-state index in [9.17, 15) is 0 Å². The second kappa shape index (κ2) is 12.8. The minimum absolute atomic E-state index is 0.590. The van der Waals surface area contributed by atoms with Gasteiger partial charge in [0.25, 0.3) is 0 Å². The van der Waals surface area contributed by atoms with Crippen LogP contribution in [0.5, 0.6) is 0 Å². The Labute approximate surface area is 312 Å². The molecule has 252 valence electrons. The van der Waals surface area contributed by atoms with Gasteiger partial charge in [-0.05, 0) is 74.3 Å². The summed E-state index contributed by atoms with van der Waals surface area (Å²) in [5.74, 6) is 0. The predicted molar refractivity (Wildman–Crippen MR) is 219 cm³/mol. The molecule has 53 heavy (non-hydrogen) atoms. The number of alkyl halides is 1. The molecular formula is C47H32FN3SSi. The Bertz CT molecular complexity index is 2750. The Morgan fingerprint density at radius 1 is 0.585 bits per heavy atom. The van der Waals surface area contributed by atoms with Gasteiger partial charge in [-0.3, -0.25) is 9.55 Å². The van der Waals surface area contributed by atoms with Gasteiger partial charge in [-0.25, -0.2) is 9.37 Å². The Balaban J connectivity index is 1.19. The average Bonchev–Trinajstić information content (AvgIpc) is 3.58. The molecule has 0 radical (unpaired) electrons. The van der Waals surface area contributed by atoms with E-state index in [1.54, 1.807) is 6.20 Å². The van der Waals surface area contributed by atoms with E-state index < -0.39 is 14.2 Å². The zero-order valence-electron chi connectivity index (χ0n) is 28.6. The minimum Gasteiger partial charge on any atom is -0.294 e. The van der Waals surface area contributed by atoms with Gasteiger partial charge in [0, 0.05) is 44.2 Å². The fraction of sp³-hybridized carbons (Fsp3) is 0.0213. The fourth-order valence-electron chi connectivity index (χ4n) is 8.21. The summed E-state index contributed by atoms with van der Waals surface area (Å²) in [6.45, 7) is 0. The van der Waals surface area contributed by atoms with Crippen molar-refractivity contribution < 1.29 is 4.39 Å². The molecule has 1 atom stereocenters. The van der Waals surface area contributed by atoms with E-state index in [0.717, 1.165) is 38.9 Å². The van der Waals surface area contributed by atoms with Crippen LogP contribution in [-0.2, 0) is 0 Å². The molecule has 10 rings (SSSR count). The maximum Gasteiger partial charge on any atom is 0.183 e. The molecule has 1 aliphatic rings. The number of aromatic nitrogens is 3. The van der Waals surface area contributed by atoms with Gasteiger partial charge >= 0.3 is 0 Å². The topological polar surface area (TPSA) is 30.7 Å². The standard InChI is InChI=1S/C47H32FN3SSi/c48-45(33-16-13-15-32(29-33)39-24-11-12-28-49-39)34-17-14-18-35(30-34)51-40-25-8-7-23-38(40)44-46-43(31-50-47(44)51)53(36-19-3-1-4-20-36,37-21-5-2-6-22-37)42-27-10-9-26-41(42)52-46/h1-31,45H. The van der Waals surface area contributed by atoms with Gasteiger partial charge in [-0.1, -0.05) is 145 Å². The summed E-state index contributed by atoms with van der Waals surface area (Å²) in [6.07, 6.45) is 2.59. The van der Waals surface area contributed by atoms with Crippen LogP contribution in [0.1, 0.15) is 17.3 Å². The van der Waals surface area contributed by atoms with Crippen molar-refractivity contribution in [2.75, 3.05) is 0 Å². The maximum atomic E-state index is 16.5. The largest absolute Gasteiger partial charge is 0.294 e. The molecule has 6 aromatic carbocycles. The van der Waals surface area contributed by atoms with Crippen molar-refractivity contribution in [3.05, 3.63) is 199 Å². The van der Waals surface area contributed by atoms with Crippen molar-refractivity contribution in [3.63, 3.8) is 0 Å². The smallest absolute Gasteiger partial charge is 0.183 e. The lowest BCUT2D eigenvalue weighted by Crippen LogP contribution is -2.76. The zero-order valence-corrected chi connectivity index (χ0v) is 30.4. The van der Waals surface area contributed by atoms with E-state index in [2.05, 4.69) is 131 Å². The van der Waals surface area contributed by atoms with Gasteiger partial charge in [0.1, 0.15) is 5.65 Å². The predicted octanol–water partition coefficient (Wildman–Crippen LogP) is 9.14. The summed E-state index contributed by atoms with van der Waals surface area (Å²) >= 11 is 1.85. The lowest BCUT2D eigenvalue weighted by atomic mass is 9.99. The number of para-hydroxylation sites is 1. The number of benzene rings is 6. The number of rotatable bonds is 6. The lowest BCUT2D eigenvalue weighted by molar-refractivity contribution is 0.402. The molecule has 0 saturated carbocycles. The molecule has 0 fully saturated rings. The van der Waals surface area contributed by atoms with Crippen molar-refractivity contribution in [2.24, 2.45) is 0 Å². The number of hydrogen-bond acceptors (Lipinski definition) is 3. The first kappa shape index (κ1) is 31.6. The molecule has 6 heteroatoms. The molecule has 0 spiro atoms. The van der Waals surface area contributed by atoms with E-state index in [1.165, 1.54) is 30.5 Å². The van der Waals surface area contributed by atoms with Gasteiger partial charge in [-0.2, -0.15) is 0 Å². The van der Waals surface area contributed by atoms with Crippen molar-refractivity contribution in [2.45, 2.75) is 16.0 Å². The summed E-state index contributed by atoms with van der Waals surface area (Å²) in [6, 6.07) is 60.8. The van der Waals surface area contributed by atoms with Crippen molar-refractivity contribution in [1.29, 1.82) is 0 Å². The first-order chi connectivity index (χ1) is 26.2. The highest BCUT2D eigenvalue weighted by Gasteiger charge is 2.48. The van der Waals surface area contributed by atoms with E-state index >= 15 is 4.39 Å². The third-order valence-corrected chi connectivity index (χ3v) is 16.9. The molecule has 0 bridgehead atoms. The van der Waals surface area contributed by atoms with Crippen LogP contribution >= 0.6 is 11.8 Å². The van der Waals surface area contributed by atoms with Crippen LogP contribution in [0.2, 0.25) is 0 Å². The average molecular weight is 718 g/mol. The van der Waals surface area contributed by atoms with Crippen molar-refractivity contribution in [1.82, 2.24) is 14.5 Å². The third-order valence-electron chi connectivity index (χ3n) is 10.5. The van der Waals surface area contributed by atoms with Crippen LogP contribution < -0.4 is 20.7 Å². The highest BCUT2D eigenvalue weighted by molar-refractivity contribution is 8.00. The molecule has 3 aromatic heterocycles. The molecule has 9 aromatic rings. The molecule has 0 amide bonds. The molecule has 1 unspecified atom stereocenters. The second-order valence-electron chi connectivity index (χ2n) is 13.4. The van der Waals surface area contributed by atoms with Gasteiger partial charge in [0.05, 0.1) is 11.2 Å². The number of halogens is 1. The van der Waals surface area contributed by atoms with Gasteiger partial charge < -0.3 is 0 Å². The third kappa shape index (κ3) is 5.01. The van der Waals surface area contributed by atoms with E-state index in [1.807, 2.05) is 72.4 Å². The van der Waals surface area contributed by atoms with Crippen LogP contribution in [0.25, 0.3) is 38.9 Å². The van der Waals surface area contributed by atoms with Crippen LogP contribution in [0.4, 0.5) is 4.39 Å². The molecule has 0 N–H and O–H groups in total. The minimum atomic E-state index is -2.79. The van der Waals surface area contributed by atoms with Crippen molar-refractivity contribution in [3.8, 4) is 16.9 Å². The van der Waals surface area contributed by atoms with Gasteiger partial charge in [0.2, 0.25) is 0 Å². The quantitative estimate of drug-likeness (QED) is 0.161. The zero-order chi connectivity index (χ0) is 35.4. The molecular weight excluding hydrogens is 686 g/mol. The first-order valence-electron chi connectivity index (χ1n) is 17.8. The second-order valence-corrected chi connectivity index (χ2v) is 18.2. The van der Waals surface area contributed by atoms with Crippen LogP contribution in [0, 0.1) is 0 Å². The summed E-state index contributed by atoms with van der Waals surface area (Å²) in [4.78, 5) is 12.4. The maximum absolute atomic E-state index is 16.5. The monoisotopic (exact) mass is 717 g/mol. The van der Waals surface area contributed by atoms with Gasteiger partial charge in [-0.15, -0.1) is 0 Å². The highest BCUT2D eigenvalue weighted by atomic mass is 32.2. The Hall–Kier alpha value is -6.08. The molecule has 1 aliphatic heterocycles. The molecule has 0 saturated heterocycles. The SMILES string of the molecule is FC(c1cccc(-c2ccccn2)c1)c1cccc(-n2c3ccccc3c3c4c(cnc32)[Si](c2ccccc2)(c2ccccc2)c2ccccc2S4)c1. The number of pyridine rings is 2. The summed E-state index contributed by atoms with van der Waals surface area (Å²) in [7, 11) is -2.79. The van der Waals surface area contributed by atoms with Crippen molar-refractivity contribution >= 4 is 62.5 Å². The van der Waals surface area contributed by atoms with E-state index in [4.69, 9.17) is 4.98 Å². The first-order valence-corrected chi connectivity index (χ1v) is 20.6.